The van der Waals surface area contributed by atoms with E-state index in [0.717, 1.165) is 12.1 Å². The van der Waals surface area contributed by atoms with Gasteiger partial charge in [0.2, 0.25) is 18.6 Å². The van der Waals surface area contributed by atoms with Gasteiger partial charge in [0.05, 0.1) is 5.92 Å². The molecule has 1 unspecified atom stereocenters. The molecular weight excluding hydrogens is 332 g/mol. The molecule has 2 amide bonds. The first-order valence-corrected chi connectivity index (χ1v) is 8.72. The Kier molecular flexibility index (Phi) is 4.48. The van der Waals surface area contributed by atoms with Crippen LogP contribution in [0.3, 0.4) is 0 Å². The lowest BCUT2D eigenvalue weighted by Gasteiger charge is -2.17. The van der Waals surface area contributed by atoms with E-state index in [1.165, 1.54) is 5.56 Å². The maximum absolute atomic E-state index is 12.4. The van der Waals surface area contributed by atoms with Gasteiger partial charge in [0, 0.05) is 31.3 Å². The van der Waals surface area contributed by atoms with E-state index in [9.17, 15) is 9.59 Å². The van der Waals surface area contributed by atoms with Crippen molar-refractivity contribution >= 4 is 17.5 Å². The van der Waals surface area contributed by atoms with E-state index in [0.29, 0.717) is 24.6 Å². The fraction of sp³-hybridized carbons (Fsp3) is 0.300. The Bertz CT molecular complexity index is 822. The summed E-state index contributed by atoms with van der Waals surface area (Å²) in [5.74, 6) is 0.856. The van der Waals surface area contributed by atoms with Crippen molar-refractivity contribution < 1.29 is 19.1 Å². The summed E-state index contributed by atoms with van der Waals surface area (Å²) >= 11 is 0. The summed E-state index contributed by atoms with van der Waals surface area (Å²) in [7, 11) is 0. The molecule has 1 atom stereocenters. The van der Waals surface area contributed by atoms with Crippen LogP contribution in [-0.4, -0.2) is 31.7 Å². The van der Waals surface area contributed by atoms with Gasteiger partial charge in [0.15, 0.2) is 11.5 Å². The molecule has 2 aromatic carbocycles. The summed E-state index contributed by atoms with van der Waals surface area (Å²) in [4.78, 5) is 26.4. The highest BCUT2D eigenvalue weighted by Crippen LogP contribution is 2.37. The molecule has 2 aliphatic rings. The Hall–Kier alpha value is -3.02. The third-order valence-corrected chi connectivity index (χ3v) is 4.72. The Morgan fingerprint density at radius 3 is 2.77 bits per heavy atom. The van der Waals surface area contributed by atoms with E-state index < -0.39 is 0 Å². The molecule has 0 spiro atoms. The molecule has 0 aromatic heterocycles. The number of rotatable bonds is 5. The number of nitrogens with zero attached hydrogens (tertiary/aromatic N) is 1. The highest BCUT2D eigenvalue weighted by molar-refractivity contribution is 6.00. The molecule has 2 aromatic rings. The fourth-order valence-electron chi connectivity index (χ4n) is 3.30. The first kappa shape index (κ1) is 16.4. The Balaban J connectivity index is 1.34. The summed E-state index contributed by atoms with van der Waals surface area (Å²) in [5, 5.41) is 2.94. The fourth-order valence-corrected chi connectivity index (χ4v) is 3.30. The first-order chi connectivity index (χ1) is 12.7. The van der Waals surface area contributed by atoms with E-state index in [2.05, 4.69) is 5.32 Å². The molecule has 1 N–H and O–H groups in total. The zero-order chi connectivity index (χ0) is 17.9. The second-order valence-electron chi connectivity index (χ2n) is 6.47. The number of fused-ring (bicyclic) bond motifs is 1. The third kappa shape index (κ3) is 3.35. The number of hydrogen-bond donors (Lipinski definition) is 1. The number of amides is 2. The van der Waals surface area contributed by atoms with Crippen LogP contribution in [0.1, 0.15) is 12.0 Å². The number of ether oxygens (including phenoxy) is 2. The molecule has 26 heavy (non-hydrogen) atoms. The van der Waals surface area contributed by atoms with Crippen LogP contribution in [0.2, 0.25) is 0 Å². The first-order valence-electron chi connectivity index (χ1n) is 8.72. The van der Waals surface area contributed by atoms with Crippen molar-refractivity contribution in [2.24, 2.45) is 5.92 Å². The molecule has 0 aliphatic carbocycles. The predicted molar refractivity (Wildman–Crippen MR) is 96.2 cm³/mol. The van der Waals surface area contributed by atoms with Gasteiger partial charge in [-0.1, -0.05) is 30.3 Å². The van der Waals surface area contributed by atoms with E-state index in [1.54, 1.807) is 17.0 Å². The van der Waals surface area contributed by atoms with E-state index in [1.807, 2.05) is 36.4 Å². The van der Waals surface area contributed by atoms with Gasteiger partial charge in [-0.05, 0) is 24.1 Å². The minimum atomic E-state index is -0.330. The van der Waals surface area contributed by atoms with Crippen LogP contribution in [0.5, 0.6) is 11.5 Å². The van der Waals surface area contributed by atoms with Crippen molar-refractivity contribution in [3.8, 4) is 11.5 Å². The lowest BCUT2D eigenvalue weighted by molar-refractivity contribution is -0.126. The minimum Gasteiger partial charge on any atom is -0.454 e. The number of nitrogens with one attached hydrogen (secondary N) is 1. The average Bonchev–Trinajstić information content (AvgIpc) is 3.28. The van der Waals surface area contributed by atoms with Crippen molar-refractivity contribution in [2.45, 2.75) is 12.8 Å². The summed E-state index contributed by atoms with van der Waals surface area (Å²) in [6, 6.07) is 15.4. The molecule has 1 saturated heterocycles. The van der Waals surface area contributed by atoms with Crippen LogP contribution in [-0.2, 0) is 16.0 Å². The monoisotopic (exact) mass is 352 g/mol. The molecule has 0 bridgehead atoms. The predicted octanol–water partition coefficient (Wildman–Crippen LogP) is 2.13. The van der Waals surface area contributed by atoms with Gasteiger partial charge < -0.3 is 19.7 Å². The van der Waals surface area contributed by atoms with Gasteiger partial charge in [-0.15, -0.1) is 0 Å². The lowest BCUT2D eigenvalue weighted by Crippen LogP contribution is -2.34. The molecule has 1 fully saturated rings. The topological polar surface area (TPSA) is 67.9 Å². The molecule has 2 heterocycles. The van der Waals surface area contributed by atoms with Gasteiger partial charge in [-0.2, -0.15) is 0 Å². The molecule has 134 valence electrons. The van der Waals surface area contributed by atoms with Gasteiger partial charge >= 0.3 is 0 Å². The van der Waals surface area contributed by atoms with Crippen LogP contribution in [0.4, 0.5) is 5.69 Å². The van der Waals surface area contributed by atoms with E-state index in [4.69, 9.17) is 9.47 Å². The van der Waals surface area contributed by atoms with Crippen LogP contribution in [0.15, 0.2) is 48.5 Å². The zero-order valence-electron chi connectivity index (χ0n) is 14.3. The van der Waals surface area contributed by atoms with Crippen molar-refractivity contribution in [3.63, 3.8) is 0 Å². The number of benzene rings is 2. The maximum Gasteiger partial charge on any atom is 0.231 e. The SMILES string of the molecule is O=C(NCCc1ccccc1)C1CC(=O)N(c2ccc3c(c2)OCO3)C1. The quantitative estimate of drug-likeness (QED) is 0.895. The lowest BCUT2D eigenvalue weighted by atomic mass is 10.1. The maximum atomic E-state index is 12.4. The number of hydrogen-bond acceptors (Lipinski definition) is 4. The van der Waals surface area contributed by atoms with E-state index in [-0.39, 0.29) is 30.9 Å². The minimum absolute atomic E-state index is 0.0490. The van der Waals surface area contributed by atoms with Crippen LogP contribution in [0.25, 0.3) is 0 Å². The van der Waals surface area contributed by atoms with Crippen LogP contribution >= 0.6 is 0 Å². The van der Waals surface area contributed by atoms with Crippen LogP contribution < -0.4 is 19.7 Å². The van der Waals surface area contributed by atoms with Gasteiger partial charge in [-0.25, -0.2) is 0 Å². The van der Waals surface area contributed by atoms with Gasteiger partial charge in [0.1, 0.15) is 0 Å². The van der Waals surface area contributed by atoms with Crippen molar-refractivity contribution in [3.05, 3.63) is 54.1 Å². The van der Waals surface area contributed by atoms with Crippen LogP contribution in [0, 0.1) is 5.92 Å². The second-order valence-corrected chi connectivity index (χ2v) is 6.47. The number of carbonyl (C=O) groups is 2. The zero-order valence-corrected chi connectivity index (χ0v) is 14.3. The summed E-state index contributed by atoms with van der Waals surface area (Å²) in [6.45, 7) is 1.15. The average molecular weight is 352 g/mol. The molecule has 2 aliphatic heterocycles. The highest BCUT2D eigenvalue weighted by atomic mass is 16.7. The standard InChI is InChI=1S/C20H20N2O4/c23-19-10-15(20(24)21-9-8-14-4-2-1-3-5-14)12-22(19)16-6-7-17-18(11-16)26-13-25-17/h1-7,11,15H,8-10,12-13H2,(H,21,24). The normalized spacial score (nSPS) is 18.2. The second kappa shape index (κ2) is 7.07. The summed E-state index contributed by atoms with van der Waals surface area (Å²) in [5.41, 5.74) is 1.91. The van der Waals surface area contributed by atoms with Crippen molar-refractivity contribution in [1.29, 1.82) is 0 Å². The molecule has 0 saturated carbocycles. The molecular formula is C20H20N2O4. The van der Waals surface area contributed by atoms with Gasteiger partial charge in [0.25, 0.3) is 0 Å². The summed E-state index contributed by atoms with van der Waals surface area (Å²) in [6.07, 6.45) is 1.00. The summed E-state index contributed by atoms with van der Waals surface area (Å²) < 4.78 is 10.7. The molecule has 0 radical (unpaired) electrons. The Labute approximate surface area is 151 Å². The molecule has 6 heteroatoms. The Morgan fingerprint density at radius 2 is 1.92 bits per heavy atom. The van der Waals surface area contributed by atoms with Crippen molar-refractivity contribution in [1.82, 2.24) is 5.32 Å². The van der Waals surface area contributed by atoms with Gasteiger partial charge in [-0.3, -0.25) is 9.59 Å². The third-order valence-electron chi connectivity index (χ3n) is 4.72. The van der Waals surface area contributed by atoms with Crippen molar-refractivity contribution in [2.75, 3.05) is 24.8 Å². The molecule has 6 nitrogen and oxygen atoms in total. The highest BCUT2D eigenvalue weighted by Gasteiger charge is 2.35. The van der Waals surface area contributed by atoms with E-state index >= 15 is 0 Å². The number of anilines is 1. The largest absolute Gasteiger partial charge is 0.454 e. The number of carbonyl (C=O) groups excluding carboxylic acids is 2. The molecule has 4 rings (SSSR count). The smallest absolute Gasteiger partial charge is 0.231 e. The Morgan fingerprint density at radius 1 is 1.12 bits per heavy atom.